The molecule has 1 amide bonds. The zero-order valence-electron chi connectivity index (χ0n) is 15.0. The van der Waals surface area contributed by atoms with Gasteiger partial charge in [-0.25, -0.2) is 13.8 Å². The van der Waals surface area contributed by atoms with E-state index in [0.717, 1.165) is 0 Å². The predicted octanol–water partition coefficient (Wildman–Crippen LogP) is 2.48. The van der Waals surface area contributed by atoms with Crippen molar-refractivity contribution in [3.63, 3.8) is 0 Å². The molecule has 4 unspecified atom stereocenters. The Balaban J connectivity index is 1.88. The normalized spacial score (nSPS) is 25.2. The summed E-state index contributed by atoms with van der Waals surface area (Å²) in [6.07, 6.45) is -0.917. The average molecular weight is 421 g/mol. The van der Waals surface area contributed by atoms with Crippen LogP contribution in [0.2, 0.25) is 0 Å². The fourth-order valence-electron chi connectivity index (χ4n) is 3.40. The molecule has 2 aliphatic rings. The lowest BCUT2D eigenvalue weighted by molar-refractivity contribution is -0.162. The summed E-state index contributed by atoms with van der Waals surface area (Å²) >= 11 is 0. The molecule has 0 aromatic heterocycles. The Kier molecular flexibility index (Phi) is 6.13. The monoisotopic (exact) mass is 421 g/mol. The zero-order chi connectivity index (χ0) is 20.4. The first-order valence-corrected chi connectivity index (χ1v) is 10.2. The molecule has 0 bridgehead atoms. The quantitative estimate of drug-likeness (QED) is 0.409. The van der Waals surface area contributed by atoms with Gasteiger partial charge >= 0.3 is 14.2 Å². The minimum Gasteiger partial charge on any atom is -0.393 e. The first-order chi connectivity index (χ1) is 13.4. The number of rotatable bonds is 7. The van der Waals surface area contributed by atoms with Crippen LogP contribution in [0.3, 0.4) is 0 Å². The van der Waals surface area contributed by atoms with Crippen LogP contribution in [0.1, 0.15) is 13.8 Å². The minimum absolute atomic E-state index is 0.00392. The molecule has 0 spiro atoms. The third-order valence-electron chi connectivity index (χ3n) is 4.57. The molecule has 3 rings (SSSR count). The summed E-state index contributed by atoms with van der Waals surface area (Å²) in [6.45, 7) is 3.19. The van der Waals surface area contributed by atoms with E-state index in [1.165, 1.54) is 11.8 Å². The van der Waals surface area contributed by atoms with Gasteiger partial charge in [0, 0.05) is 10.5 Å². The van der Waals surface area contributed by atoms with Gasteiger partial charge in [0.05, 0.1) is 18.1 Å². The average Bonchev–Trinajstić information content (AvgIpc) is 2.89. The van der Waals surface area contributed by atoms with Gasteiger partial charge in [-0.05, 0) is 19.1 Å². The molecule has 1 saturated heterocycles. The fourth-order valence-corrected chi connectivity index (χ4v) is 4.35. The summed E-state index contributed by atoms with van der Waals surface area (Å²) < 4.78 is 31.0. The van der Waals surface area contributed by atoms with Gasteiger partial charge in [-0.2, -0.15) is 0 Å². The highest BCUT2D eigenvalue weighted by Crippen LogP contribution is 2.50. The molecule has 144 valence electrons. The van der Waals surface area contributed by atoms with Crippen molar-refractivity contribution in [2.24, 2.45) is 16.5 Å². The number of fused-ring (bicyclic) bond motifs is 1. The van der Waals surface area contributed by atoms with Crippen molar-refractivity contribution in [1.82, 2.24) is 4.90 Å². The van der Waals surface area contributed by atoms with E-state index >= 15 is 0 Å². The van der Waals surface area contributed by atoms with Gasteiger partial charge in [-0.1, -0.05) is 25.1 Å². The largest absolute Gasteiger partial charge is 0.805 e. The second-order valence-corrected chi connectivity index (χ2v) is 7.65. The van der Waals surface area contributed by atoms with Gasteiger partial charge in [0.1, 0.15) is 0 Å². The van der Waals surface area contributed by atoms with Crippen molar-refractivity contribution in [3.8, 4) is 5.75 Å². The first kappa shape index (κ1) is 20.5. The molecule has 1 aromatic rings. The molecule has 1 aromatic carbocycles. The number of aliphatic hydroxyl groups is 1. The number of carbonyl (C=O) groups is 2. The molecule has 0 saturated carbocycles. The SMILES string of the molecule is [B]N=POC(=O)C1=C(O[P+](=O)Oc2ccccc2)[C@H](C)C2C(C(C)O)C(=O)N12. The number of β-lactam (4-membered cyclic amide) rings is 1. The highest BCUT2D eigenvalue weighted by molar-refractivity contribution is 7.34. The van der Waals surface area contributed by atoms with E-state index in [2.05, 4.69) is 4.66 Å². The first-order valence-electron chi connectivity index (χ1n) is 8.32. The maximum Gasteiger partial charge on any atom is 0.805 e. The number of aliphatic hydroxyl groups excluding tert-OH is 1. The zero-order valence-corrected chi connectivity index (χ0v) is 16.7. The Bertz CT molecular complexity index is 862. The van der Waals surface area contributed by atoms with Crippen molar-refractivity contribution >= 4 is 36.7 Å². The Hall–Kier alpha value is -2.28. The van der Waals surface area contributed by atoms with Crippen molar-refractivity contribution in [2.45, 2.75) is 26.0 Å². The second kappa shape index (κ2) is 8.39. The Morgan fingerprint density at radius 1 is 1.36 bits per heavy atom. The van der Waals surface area contributed by atoms with Crippen LogP contribution >= 0.6 is 16.9 Å². The molecule has 1 N–H and O–H groups in total. The number of para-hydroxylation sites is 1. The number of hydrogen-bond donors (Lipinski definition) is 1. The molecule has 5 atom stereocenters. The number of amides is 1. The van der Waals surface area contributed by atoms with Crippen molar-refractivity contribution in [3.05, 3.63) is 41.8 Å². The van der Waals surface area contributed by atoms with Crippen molar-refractivity contribution < 1.29 is 32.8 Å². The third kappa shape index (κ3) is 3.68. The topological polar surface area (TPSA) is 115 Å². The summed E-state index contributed by atoms with van der Waals surface area (Å²) in [7, 11) is 2.13. The third-order valence-corrected chi connectivity index (χ3v) is 5.62. The summed E-state index contributed by atoms with van der Waals surface area (Å²) in [6, 6.07) is 7.85. The summed E-state index contributed by atoms with van der Waals surface area (Å²) in [5.74, 6) is -2.25. The maximum atomic E-state index is 12.5. The molecule has 2 heterocycles. The highest BCUT2D eigenvalue weighted by Gasteiger charge is 2.62. The van der Waals surface area contributed by atoms with Crippen LogP contribution in [-0.4, -0.2) is 42.0 Å². The Labute approximate surface area is 165 Å². The van der Waals surface area contributed by atoms with E-state index in [4.69, 9.17) is 21.6 Å². The van der Waals surface area contributed by atoms with Crippen LogP contribution in [0.4, 0.5) is 0 Å². The van der Waals surface area contributed by atoms with Gasteiger partial charge in [0.15, 0.2) is 11.4 Å². The molecule has 9 nitrogen and oxygen atoms in total. The van der Waals surface area contributed by atoms with Gasteiger partial charge in [-0.3, -0.25) is 9.69 Å². The summed E-state index contributed by atoms with van der Waals surface area (Å²) in [5, 5.41) is 9.90. The standard InChI is InChI=1S/C16H16BN2O7P2/c1-8-12-11(9(2)20)15(21)19(12)13(16(22)24-27-18-17)14(8)26-28(23)25-10-6-4-3-5-7-10/h3-9,11-12,20H,1-2H3/q+1/t8-,9?,11?,12?/m1/s1. The second-order valence-electron chi connectivity index (χ2n) is 6.26. The molecule has 2 aliphatic heterocycles. The van der Waals surface area contributed by atoms with Crippen LogP contribution in [-0.2, 0) is 23.2 Å². The Morgan fingerprint density at radius 2 is 2.04 bits per heavy atom. The maximum absolute atomic E-state index is 12.5. The van der Waals surface area contributed by atoms with Gasteiger partial charge < -0.3 is 14.3 Å². The predicted molar refractivity (Wildman–Crippen MR) is 99.0 cm³/mol. The highest BCUT2D eigenvalue weighted by atomic mass is 31.1. The molecule has 0 aliphatic carbocycles. The van der Waals surface area contributed by atoms with Crippen LogP contribution in [0, 0.1) is 11.8 Å². The molecule has 28 heavy (non-hydrogen) atoms. The summed E-state index contributed by atoms with van der Waals surface area (Å²) in [4.78, 5) is 26.1. The van der Waals surface area contributed by atoms with E-state index in [0.29, 0.717) is 5.75 Å². The van der Waals surface area contributed by atoms with E-state index in [9.17, 15) is 19.3 Å². The molecular weight excluding hydrogens is 405 g/mol. The molecule has 12 heteroatoms. The van der Waals surface area contributed by atoms with Crippen LogP contribution in [0.25, 0.3) is 0 Å². The molecule has 2 radical (unpaired) electrons. The van der Waals surface area contributed by atoms with E-state index in [-0.39, 0.29) is 20.1 Å². The van der Waals surface area contributed by atoms with Gasteiger partial charge in [0.2, 0.25) is 20.3 Å². The fraction of sp³-hybridized carbons (Fsp3) is 0.375. The smallest absolute Gasteiger partial charge is 0.393 e. The number of benzene rings is 1. The summed E-state index contributed by atoms with van der Waals surface area (Å²) in [5.41, 5.74) is -0.185. The van der Waals surface area contributed by atoms with E-state index in [1.807, 2.05) is 0 Å². The Morgan fingerprint density at radius 3 is 2.64 bits per heavy atom. The van der Waals surface area contributed by atoms with E-state index < -0.39 is 44.1 Å². The van der Waals surface area contributed by atoms with Gasteiger partial charge in [-0.15, -0.1) is 0 Å². The lowest BCUT2D eigenvalue weighted by Gasteiger charge is -2.45. The minimum atomic E-state index is -2.68. The lowest BCUT2D eigenvalue weighted by Crippen LogP contribution is -2.63. The van der Waals surface area contributed by atoms with E-state index in [1.54, 1.807) is 37.3 Å². The van der Waals surface area contributed by atoms with Crippen LogP contribution in [0.5, 0.6) is 5.75 Å². The van der Waals surface area contributed by atoms with Crippen molar-refractivity contribution in [2.75, 3.05) is 0 Å². The molecule has 1 fully saturated rings. The van der Waals surface area contributed by atoms with Crippen molar-refractivity contribution in [1.29, 1.82) is 0 Å². The number of nitrogens with zero attached hydrogens (tertiary/aromatic N) is 2. The number of carbonyl (C=O) groups excluding carboxylic acids is 2. The van der Waals surface area contributed by atoms with Gasteiger partial charge in [0.25, 0.3) is 7.98 Å². The molecular formula is C16H16BN2O7P2+. The lowest BCUT2D eigenvalue weighted by atomic mass is 9.79. The van der Waals surface area contributed by atoms with Crippen LogP contribution < -0.4 is 4.52 Å². The van der Waals surface area contributed by atoms with Crippen LogP contribution in [0.15, 0.2) is 46.4 Å². The number of hydrogen-bond acceptors (Lipinski definition) is 8.